The number of nitrogens with two attached hydrogens (primary N) is 1. The Morgan fingerprint density at radius 3 is 2.64 bits per heavy atom. The smallest absolute Gasteiger partial charge is 0.203 e. The van der Waals surface area contributed by atoms with Gasteiger partial charge in [-0.3, -0.25) is 0 Å². The lowest BCUT2D eigenvalue weighted by Crippen LogP contribution is -1.81. The molecule has 1 aromatic heterocycles. The van der Waals surface area contributed by atoms with Gasteiger partial charge >= 0.3 is 0 Å². The number of nitrogens with zero attached hydrogens (tertiary/aromatic N) is 2. The normalized spacial score (nSPS) is 10.4. The van der Waals surface area contributed by atoms with Crippen molar-refractivity contribution < 1.29 is 0 Å². The average Bonchev–Trinajstić information content (AvgIpc) is 2.50. The minimum absolute atomic E-state index is 0.495. The molecule has 1 aromatic carbocycles. The Morgan fingerprint density at radius 1 is 1.29 bits per heavy atom. The summed E-state index contributed by atoms with van der Waals surface area (Å²) in [6, 6.07) is 6.09. The van der Waals surface area contributed by atoms with Crippen LogP contribution in [0.5, 0.6) is 0 Å². The van der Waals surface area contributed by atoms with Crippen LogP contribution in [0, 0.1) is 3.57 Å². The Morgan fingerprint density at radius 2 is 2.07 bits per heavy atom. The molecule has 1 heterocycles. The molecule has 2 rings (SSSR count). The summed E-state index contributed by atoms with van der Waals surface area (Å²) in [6.07, 6.45) is 0. The highest BCUT2D eigenvalue weighted by Gasteiger charge is 2.05. The summed E-state index contributed by atoms with van der Waals surface area (Å²) in [5, 5.41) is 9.11. The first-order valence-corrected chi connectivity index (χ1v) is 6.39. The third-order valence-electron chi connectivity index (χ3n) is 1.55. The molecule has 0 saturated heterocycles. The van der Waals surface area contributed by atoms with E-state index >= 15 is 0 Å². The number of halogens is 2. The third kappa shape index (κ3) is 2.23. The summed E-state index contributed by atoms with van der Waals surface area (Å²) >= 11 is 7.09. The van der Waals surface area contributed by atoms with Crippen LogP contribution < -0.4 is 5.73 Å². The van der Waals surface area contributed by atoms with Crippen molar-refractivity contribution in [2.24, 2.45) is 0 Å². The molecule has 72 valence electrons. The van der Waals surface area contributed by atoms with Crippen molar-refractivity contribution in [3.63, 3.8) is 0 Å². The molecule has 0 aliphatic carbocycles. The zero-order chi connectivity index (χ0) is 10.1. The lowest BCUT2D eigenvalue weighted by molar-refractivity contribution is 1.10. The molecule has 0 fully saturated rings. The number of hydrogen-bond donors (Lipinski definition) is 1. The van der Waals surface area contributed by atoms with Gasteiger partial charge in [-0.15, -0.1) is 10.2 Å². The van der Waals surface area contributed by atoms with E-state index in [9.17, 15) is 0 Å². The molecule has 14 heavy (non-hydrogen) atoms. The fourth-order valence-electron chi connectivity index (χ4n) is 1.03. The van der Waals surface area contributed by atoms with Gasteiger partial charge in [0.05, 0.1) is 0 Å². The number of benzene rings is 1. The Hall–Kier alpha value is -0.210. The molecule has 0 bridgehead atoms. The van der Waals surface area contributed by atoms with Crippen LogP contribution in [-0.4, -0.2) is 10.2 Å². The molecule has 0 radical (unpaired) electrons. The fourth-order valence-corrected chi connectivity index (χ4v) is 3.22. The highest BCUT2D eigenvalue weighted by Crippen LogP contribution is 2.28. The minimum Gasteiger partial charge on any atom is -0.374 e. The van der Waals surface area contributed by atoms with Gasteiger partial charge in [0.2, 0.25) is 5.13 Å². The maximum Gasteiger partial charge on any atom is 0.203 e. The van der Waals surface area contributed by atoms with Crippen molar-refractivity contribution >= 4 is 55.0 Å². The number of aromatic nitrogens is 2. The number of hydrogen-bond acceptors (Lipinski definition) is 4. The van der Waals surface area contributed by atoms with E-state index in [-0.39, 0.29) is 0 Å². The molecule has 0 atom stereocenters. The number of nitrogen functional groups attached to an aromatic ring is 1. The van der Waals surface area contributed by atoms with Crippen molar-refractivity contribution in [1.82, 2.24) is 10.2 Å². The third-order valence-corrected chi connectivity index (χ3v) is 3.43. The largest absolute Gasteiger partial charge is 0.374 e. The second-order valence-corrected chi connectivity index (χ2v) is 5.77. The van der Waals surface area contributed by atoms with Crippen LogP contribution in [0.25, 0.3) is 10.6 Å². The van der Waals surface area contributed by atoms with Crippen molar-refractivity contribution in [2.45, 2.75) is 0 Å². The Balaban J connectivity index is 2.51. The summed E-state index contributed by atoms with van der Waals surface area (Å²) in [5.41, 5.74) is 6.56. The summed E-state index contributed by atoms with van der Waals surface area (Å²) in [6.45, 7) is 0. The highest BCUT2D eigenvalue weighted by molar-refractivity contribution is 14.1. The highest BCUT2D eigenvalue weighted by atomic mass is 127. The van der Waals surface area contributed by atoms with Crippen LogP contribution in [0.2, 0.25) is 0 Å². The number of anilines is 1. The number of rotatable bonds is 1. The van der Waals surface area contributed by atoms with E-state index in [1.165, 1.54) is 11.3 Å². The summed E-state index contributed by atoms with van der Waals surface area (Å²) < 4.78 is 2.19. The van der Waals surface area contributed by atoms with E-state index in [0.717, 1.165) is 18.6 Å². The van der Waals surface area contributed by atoms with Gasteiger partial charge in [-0.25, -0.2) is 0 Å². The molecule has 2 N–H and O–H groups in total. The zero-order valence-electron chi connectivity index (χ0n) is 6.87. The molecule has 0 saturated carbocycles. The van der Waals surface area contributed by atoms with Crippen LogP contribution in [0.4, 0.5) is 5.13 Å². The second-order valence-electron chi connectivity index (χ2n) is 2.60. The predicted octanol–water partition coefficient (Wildman–Crippen LogP) is 3.15. The maximum absolute atomic E-state index is 5.52. The SMILES string of the molecule is Nc1nnc(-c2cc(Br)cc(I)c2)s1. The van der Waals surface area contributed by atoms with E-state index in [1.807, 2.05) is 18.2 Å². The van der Waals surface area contributed by atoms with Gasteiger partial charge in [-0.1, -0.05) is 27.3 Å². The first kappa shape index (κ1) is 10.3. The molecule has 2 aromatic rings. The Labute approximate surface area is 107 Å². The summed E-state index contributed by atoms with van der Waals surface area (Å²) in [4.78, 5) is 0. The van der Waals surface area contributed by atoms with Gasteiger partial charge < -0.3 is 5.73 Å². The van der Waals surface area contributed by atoms with Gasteiger partial charge in [-0.2, -0.15) is 0 Å². The van der Waals surface area contributed by atoms with Crippen LogP contribution in [0.3, 0.4) is 0 Å². The fraction of sp³-hybridized carbons (Fsp3) is 0. The summed E-state index contributed by atoms with van der Waals surface area (Å²) in [7, 11) is 0. The topological polar surface area (TPSA) is 51.8 Å². The predicted molar refractivity (Wildman–Crippen MR) is 70.2 cm³/mol. The Kier molecular flexibility index (Phi) is 3.03. The van der Waals surface area contributed by atoms with Crippen LogP contribution in [-0.2, 0) is 0 Å². The lowest BCUT2D eigenvalue weighted by atomic mass is 10.2. The van der Waals surface area contributed by atoms with Crippen LogP contribution in [0.15, 0.2) is 22.7 Å². The molecule has 0 amide bonds. The Bertz CT molecular complexity index is 451. The van der Waals surface area contributed by atoms with Crippen LogP contribution >= 0.6 is 49.9 Å². The maximum atomic E-state index is 5.52. The van der Waals surface area contributed by atoms with E-state index in [1.54, 1.807) is 0 Å². The first-order valence-electron chi connectivity index (χ1n) is 3.70. The van der Waals surface area contributed by atoms with Gasteiger partial charge in [0.25, 0.3) is 0 Å². The van der Waals surface area contributed by atoms with Crippen molar-refractivity contribution in [3.05, 3.63) is 26.2 Å². The van der Waals surface area contributed by atoms with Gasteiger partial charge in [0.1, 0.15) is 5.01 Å². The standard InChI is InChI=1S/C8H5BrIN3S/c9-5-1-4(2-6(10)3-5)7-12-13-8(11)14-7/h1-3H,(H2,11,13). The molecule has 0 aliphatic heterocycles. The van der Waals surface area contributed by atoms with E-state index in [0.29, 0.717) is 5.13 Å². The molecule has 0 unspecified atom stereocenters. The van der Waals surface area contributed by atoms with Gasteiger partial charge in [-0.05, 0) is 40.8 Å². The van der Waals surface area contributed by atoms with Crippen LogP contribution in [0.1, 0.15) is 0 Å². The molecular formula is C8H5BrIN3S. The van der Waals surface area contributed by atoms with Gasteiger partial charge in [0.15, 0.2) is 0 Å². The quantitative estimate of drug-likeness (QED) is 0.772. The van der Waals surface area contributed by atoms with Crippen molar-refractivity contribution in [2.75, 3.05) is 5.73 Å². The molecular weight excluding hydrogens is 377 g/mol. The minimum atomic E-state index is 0.495. The van der Waals surface area contributed by atoms with Crippen molar-refractivity contribution in [3.8, 4) is 10.6 Å². The van der Waals surface area contributed by atoms with E-state index in [4.69, 9.17) is 5.73 Å². The molecule has 3 nitrogen and oxygen atoms in total. The molecule has 0 spiro atoms. The summed E-state index contributed by atoms with van der Waals surface area (Å²) in [5.74, 6) is 0. The lowest BCUT2D eigenvalue weighted by Gasteiger charge is -1.98. The monoisotopic (exact) mass is 381 g/mol. The molecule has 0 aliphatic rings. The second kappa shape index (κ2) is 4.11. The van der Waals surface area contributed by atoms with E-state index in [2.05, 4.69) is 48.7 Å². The van der Waals surface area contributed by atoms with Gasteiger partial charge in [0, 0.05) is 13.6 Å². The first-order chi connectivity index (χ1) is 6.65. The average molecular weight is 382 g/mol. The zero-order valence-corrected chi connectivity index (χ0v) is 11.4. The van der Waals surface area contributed by atoms with Crippen molar-refractivity contribution in [1.29, 1.82) is 0 Å². The molecule has 6 heteroatoms. The van der Waals surface area contributed by atoms with E-state index < -0.39 is 0 Å².